The average Bonchev–Trinajstić information content (AvgIpc) is 2.36. The minimum atomic E-state index is -5.95. The van der Waals surface area contributed by atoms with Crippen LogP contribution in [0.15, 0.2) is 16.6 Å². The fraction of sp³-hybridized carbons (Fsp3) is 0.100. The van der Waals surface area contributed by atoms with Gasteiger partial charge in [0.15, 0.2) is 5.82 Å². The average molecular weight is 443 g/mol. The Labute approximate surface area is 139 Å². The van der Waals surface area contributed by atoms with Crippen molar-refractivity contribution in [1.29, 1.82) is 0 Å². The lowest BCUT2D eigenvalue weighted by Crippen LogP contribution is -2.28. The van der Waals surface area contributed by atoms with Gasteiger partial charge < -0.3 is 4.18 Å². The van der Waals surface area contributed by atoms with Crippen molar-refractivity contribution in [2.45, 2.75) is 5.51 Å². The van der Waals surface area contributed by atoms with Crippen molar-refractivity contribution in [1.82, 2.24) is 4.98 Å². The molecule has 0 radical (unpaired) electrons. The Kier molecular flexibility index (Phi) is 4.51. The normalized spacial score (nSPS) is 12.7. The fourth-order valence-corrected chi connectivity index (χ4v) is 2.54. The third-order valence-electron chi connectivity index (χ3n) is 2.34. The van der Waals surface area contributed by atoms with E-state index >= 15 is 0 Å². The molecule has 0 fully saturated rings. The fourth-order valence-electron chi connectivity index (χ4n) is 1.41. The van der Waals surface area contributed by atoms with Crippen LogP contribution in [-0.4, -0.2) is 18.9 Å². The molecule has 0 atom stereocenters. The summed E-state index contributed by atoms with van der Waals surface area (Å²) in [5, 5.41) is -0.361. The third-order valence-corrected chi connectivity index (χ3v) is 4.92. The van der Waals surface area contributed by atoms with Crippen molar-refractivity contribution in [3.05, 3.63) is 32.5 Å². The number of rotatable bonds is 2. The standard InChI is InChI=1S/C10H2BrCl2F4NO3S/c11-7-5(13)1-3-4(12)2-6(18-9(3)8(7)14)21-22(19,20)10(15,16)17/h1-2H. The number of halogens is 7. The molecule has 0 saturated carbocycles. The summed E-state index contributed by atoms with van der Waals surface area (Å²) in [5.41, 5.74) is -6.16. The van der Waals surface area contributed by atoms with E-state index in [4.69, 9.17) is 23.2 Å². The molecule has 0 aliphatic heterocycles. The zero-order chi connectivity index (χ0) is 16.9. The van der Waals surface area contributed by atoms with E-state index < -0.39 is 32.8 Å². The van der Waals surface area contributed by atoms with Crippen LogP contribution in [0.5, 0.6) is 5.88 Å². The number of alkyl halides is 3. The topological polar surface area (TPSA) is 56.3 Å². The summed E-state index contributed by atoms with van der Waals surface area (Å²) in [6.07, 6.45) is 0. The van der Waals surface area contributed by atoms with Gasteiger partial charge in [-0.25, -0.2) is 9.37 Å². The van der Waals surface area contributed by atoms with E-state index in [2.05, 4.69) is 25.1 Å². The van der Waals surface area contributed by atoms with Crippen LogP contribution in [-0.2, 0) is 10.1 Å². The molecule has 22 heavy (non-hydrogen) atoms. The molecule has 0 saturated heterocycles. The number of pyridine rings is 1. The zero-order valence-corrected chi connectivity index (χ0v) is 13.8. The van der Waals surface area contributed by atoms with E-state index in [-0.39, 0.29) is 19.9 Å². The SMILES string of the molecule is O=S(=O)(Oc1cc(Cl)c2cc(Cl)c(Br)c(F)c2n1)C(F)(F)F. The largest absolute Gasteiger partial charge is 0.534 e. The smallest absolute Gasteiger partial charge is 0.355 e. The summed E-state index contributed by atoms with van der Waals surface area (Å²) in [7, 11) is -5.95. The maximum atomic E-state index is 14.0. The molecule has 0 N–H and O–H groups in total. The van der Waals surface area contributed by atoms with Crippen LogP contribution >= 0.6 is 39.1 Å². The molecule has 1 heterocycles. The molecule has 1 aromatic carbocycles. The summed E-state index contributed by atoms with van der Waals surface area (Å²) < 4.78 is 76.2. The van der Waals surface area contributed by atoms with Crippen LogP contribution in [0.4, 0.5) is 17.6 Å². The highest BCUT2D eigenvalue weighted by molar-refractivity contribution is 9.10. The van der Waals surface area contributed by atoms with Gasteiger partial charge in [0.2, 0.25) is 5.88 Å². The lowest BCUT2D eigenvalue weighted by molar-refractivity contribution is -0.0501. The molecule has 0 amide bonds. The molecule has 0 unspecified atom stereocenters. The van der Waals surface area contributed by atoms with Gasteiger partial charge in [-0.2, -0.15) is 21.6 Å². The summed E-state index contributed by atoms with van der Waals surface area (Å²) in [6.45, 7) is 0. The Hall–Kier alpha value is -0.840. The van der Waals surface area contributed by atoms with E-state index in [0.717, 1.165) is 0 Å². The molecule has 2 rings (SSSR count). The summed E-state index contributed by atoms with van der Waals surface area (Å²) in [4.78, 5) is 3.39. The minimum absolute atomic E-state index is 0.0240. The predicted molar refractivity (Wildman–Crippen MR) is 75.0 cm³/mol. The molecule has 120 valence electrons. The molecular formula is C10H2BrCl2F4NO3S. The molecule has 12 heteroatoms. The number of hydrogen-bond donors (Lipinski definition) is 0. The van der Waals surface area contributed by atoms with Gasteiger partial charge in [-0.15, -0.1) is 0 Å². The molecular weight excluding hydrogens is 441 g/mol. The van der Waals surface area contributed by atoms with Crippen molar-refractivity contribution < 1.29 is 30.2 Å². The van der Waals surface area contributed by atoms with Gasteiger partial charge >= 0.3 is 15.6 Å². The van der Waals surface area contributed by atoms with Crippen LogP contribution < -0.4 is 4.18 Å². The molecule has 0 spiro atoms. The van der Waals surface area contributed by atoms with Crippen LogP contribution in [0.25, 0.3) is 10.9 Å². The number of fused-ring (bicyclic) bond motifs is 1. The molecule has 1 aromatic heterocycles. The van der Waals surface area contributed by atoms with Crippen molar-refractivity contribution >= 4 is 60.2 Å². The Balaban J connectivity index is 2.65. The second-order valence-electron chi connectivity index (χ2n) is 3.81. The van der Waals surface area contributed by atoms with Crippen molar-refractivity contribution in [3.63, 3.8) is 0 Å². The number of aromatic nitrogens is 1. The monoisotopic (exact) mass is 441 g/mol. The molecule has 2 aromatic rings. The second kappa shape index (κ2) is 5.66. The number of hydrogen-bond acceptors (Lipinski definition) is 4. The number of nitrogens with zero attached hydrogens (tertiary/aromatic N) is 1. The lowest BCUT2D eigenvalue weighted by Gasteiger charge is -2.11. The van der Waals surface area contributed by atoms with Gasteiger partial charge in [0.25, 0.3) is 0 Å². The summed E-state index contributed by atoms with van der Waals surface area (Å²) >= 11 is 14.3. The van der Waals surface area contributed by atoms with Gasteiger partial charge in [-0.05, 0) is 22.0 Å². The Morgan fingerprint density at radius 1 is 1.18 bits per heavy atom. The Morgan fingerprint density at radius 3 is 2.32 bits per heavy atom. The minimum Gasteiger partial charge on any atom is -0.355 e. The molecule has 4 nitrogen and oxygen atoms in total. The van der Waals surface area contributed by atoms with E-state index in [1.54, 1.807) is 0 Å². The van der Waals surface area contributed by atoms with Crippen molar-refractivity contribution in [2.24, 2.45) is 0 Å². The van der Waals surface area contributed by atoms with Gasteiger partial charge in [-0.3, -0.25) is 0 Å². The van der Waals surface area contributed by atoms with Gasteiger partial charge in [0.05, 0.1) is 14.5 Å². The first-order valence-electron chi connectivity index (χ1n) is 5.08. The Morgan fingerprint density at radius 2 is 1.77 bits per heavy atom. The first kappa shape index (κ1) is 17.5. The van der Waals surface area contributed by atoms with Gasteiger partial charge in [0.1, 0.15) is 5.52 Å². The second-order valence-corrected chi connectivity index (χ2v) is 6.95. The maximum absolute atomic E-state index is 14.0. The van der Waals surface area contributed by atoms with Crippen LogP contribution in [0, 0.1) is 5.82 Å². The zero-order valence-electron chi connectivity index (χ0n) is 9.88. The lowest BCUT2D eigenvalue weighted by atomic mass is 10.2. The van der Waals surface area contributed by atoms with Gasteiger partial charge in [-0.1, -0.05) is 23.2 Å². The molecule has 0 aliphatic carbocycles. The highest BCUT2D eigenvalue weighted by Gasteiger charge is 2.49. The number of benzene rings is 1. The van der Waals surface area contributed by atoms with Crippen LogP contribution in [0.1, 0.15) is 0 Å². The first-order chi connectivity index (χ1) is 9.94. The summed E-state index contributed by atoms with van der Waals surface area (Å²) in [6, 6.07) is 1.91. The van der Waals surface area contributed by atoms with Crippen LogP contribution in [0.2, 0.25) is 10.0 Å². The quantitative estimate of drug-likeness (QED) is 0.293. The van der Waals surface area contributed by atoms with E-state index in [1.807, 2.05) is 0 Å². The van der Waals surface area contributed by atoms with Gasteiger partial charge in [0, 0.05) is 11.5 Å². The van der Waals surface area contributed by atoms with E-state index in [9.17, 15) is 26.0 Å². The van der Waals surface area contributed by atoms with Crippen molar-refractivity contribution in [3.8, 4) is 5.88 Å². The highest BCUT2D eigenvalue weighted by atomic mass is 79.9. The summed E-state index contributed by atoms with van der Waals surface area (Å²) in [5.74, 6) is -2.05. The van der Waals surface area contributed by atoms with E-state index in [1.165, 1.54) is 6.07 Å². The Bertz CT molecular complexity index is 873. The third kappa shape index (κ3) is 3.10. The van der Waals surface area contributed by atoms with E-state index in [0.29, 0.717) is 6.07 Å². The highest BCUT2D eigenvalue weighted by Crippen LogP contribution is 2.36. The predicted octanol–water partition coefficient (Wildman–Crippen LogP) is 4.67. The van der Waals surface area contributed by atoms with Crippen molar-refractivity contribution in [2.75, 3.05) is 0 Å². The van der Waals surface area contributed by atoms with Crippen LogP contribution in [0.3, 0.4) is 0 Å². The molecule has 0 bridgehead atoms. The molecule has 0 aliphatic rings. The maximum Gasteiger partial charge on any atom is 0.534 e. The first-order valence-corrected chi connectivity index (χ1v) is 8.04.